The molecule has 1 aliphatic heterocycles. The van der Waals surface area contributed by atoms with Crippen molar-refractivity contribution in [1.82, 2.24) is 0 Å². The van der Waals surface area contributed by atoms with Crippen molar-refractivity contribution < 1.29 is 22.8 Å². The minimum Gasteiger partial charge on any atom is -0.322 e. The third-order valence-electron chi connectivity index (χ3n) is 4.55. The van der Waals surface area contributed by atoms with Gasteiger partial charge in [-0.3, -0.25) is 9.59 Å². The van der Waals surface area contributed by atoms with E-state index in [4.69, 9.17) is 0 Å². The van der Waals surface area contributed by atoms with Crippen LogP contribution >= 0.6 is 0 Å². The lowest BCUT2D eigenvalue weighted by Gasteiger charge is -2.28. The van der Waals surface area contributed by atoms with Gasteiger partial charge in [0.05, 0.1) is 11.1 Å². The average molecular weight is 376 g/mol. The Balaban J connectivity index is 1.82. The number of carbonyl (C=O) groups is 2. The summed E-state index contributed by atoms with van der Waals surface area (Å²) < 4.78 is 39.3. The van der Waals surface area contributed by atoms with E-state index < -0.39 is 23.2 Å². The number of anilines is 2. The fourth-order valence-corrected chi connectivity index (χ4v) is 3.22. The average Bonchev–Trinajstić information content (AvgIpc) is 2.62. The first-order chi connectivity index (χ1) is 12.8. The van der Waals surface area contributed by atoms with Crippen LogP contribution in [0.1, 0.15) is 40.7 Å². The molecule has 0 bridgehead atoms. The van der Waals surface area contributed by atoms with E-state index in [9.17, 15) is 22.8 Å². The molecule has 1 N–H and O–H groups in total. The van der Waals surface area contributed by atoms with E-state index in [-0.39, 0.29) is 5.91 Å². The maximum Gasteiger partial charge on any atom is 0.417 e. The number of rotatable bonds is 3. The highest BCUT2D eigenvalue weighted by Crippen LogP contribution is 2.32. The Bertz CT molecular complexity index is 878. The predicted molar refractivity (Wildman–Crippen MR) is 96.8 cm³/mol. The normalized spacial score (nSPS) is 15.0. The molecule has 0 aliphatic carbocycles. The van der Waals surface area contributed by atoms with Gasteiger partial charge < -0.3 is 10.2 Å². The Morgan fingerprint density at radius 2 is 1.85 bits per heavy atom. The maximum atomic E-state index is 13.1. The molecular formula is C20H19F3N2O2. The molecule has 2 aromatic rings. The van der Waals surface area contributed by atoms with Crippen molar-refractivity contribution in [2.75, 3.05) is 16.8 Å². The van der Waals surface area contributed by atoms with Crippen molar-refractivity contribution in [2.24, 2.45) is 0 Å². The fourth-order valence-electron chi connectivity index (χ4n) is 3.22. The molecule has 3 rings (SSSR count). The van der Waals surface area contributed by atoms with E-state index >= 15 is 0 Å². The number of benzene rings is 2. The number of hydrogen-bond acceptors (Lipinski definition) is 2. The molecule has 4 nitrogen and oxygen atoms in total. The van der Waals surface area contributed by atoms with Crippen LogP contribution in [0.25, 0.3) is 0 Å². The lowest BCUT2D eigenvalue weighted by Crippen LogP contribution is -2.35. The third kappa shape index (κ3) is 4.13. The Morgan fingerprint density at radius 1 is 1.11 bits per heavy atom. The molecule has 2 aromatic carbocycles. The largest absolute Gasteiger partial charge is 0.417 e. The summed E-state index contributed by atoms with van der Waals surface area (Å²) in [6, 6.07) is 9.62. The van der Waals surface area contributed by atoms with Gasteiger partial charge in [0.25, 0.3) is 5.91 Å². The Morgan fingerprint density at radius 3 is 2.52 bits per heavy atom. The topological polar surface area (TPSA) is 49.4 Å². The zero-order valence-corrected chi connectivity index (χ0v) is 14.8. The van der Waals surface area contributed by atoms with Crippen LogP contribution in [0.5, 0.6) is 0 Å². The van der Waals surface area contributed by atoms with Crippen LogP contribution in [0.3, 0.4) is 0 Å². The number of halogens is 3. The van der Waals surface area contributed by atoms with Crippen molar-refractivity contribution in [3.8, 4) is 0 Å². The molecule has 1 aliphatic rings. The second kappa shape index (κ2) is 7.42. The first-order valence-corrected chi connectivity index (χ1v) is 8.66. The van der Waals surface area contributed by atoms with Gasteiger partial charge in [-0.1, -0.05) is 12.1 Å². The summed E-state index contributed by atoms with van der Waals surface area (Å²) in [5, 5.41) is 2.51. The summed E-state index contributed by atoms with van der Waals surface area (Å²) in [4.78, 5) is 26.1. The Labute approximate surface area is 155 Å². The number of amides is 2. The van der Waals surface area contributed by atoms with Crippen LogP contribution in [-0.2, 0) is 11.0 Å². The van der Waals surface area contributed by atoms with Gasteiger partial charge in [0, 0.05) is 24.3 Å². The molecule has 1 heterocycles. The monoisotopic (exact) mass is 376 g/mol. The first-order valence-electron chi connectivity index (χ1n) is 8.66. The molecule has 0 radical (unpaired) electrons. The zero-order valence-electron chi connectivity index (χ0n) is 14.8. The quantitative estimate of drug-likeness (QED) is 0.838. The third-order valence-corrected chi connectivity index (χ3v) is 4.55. The molecule has 1 fully saturated rings. The molecule has 2 amide bonds. The lowest BCUT2D eigenvalue weighted by atomic mass is 10.1. The summed E-state index contributed by atoms with van der Waals surface area (Å²) in [7, 11) is 0. The van der Waals surface area contributed by atoms with Crippen LogP contribution in [0.4, 0.5) is 24.5 Å². The molecular weight excluding hydrogens is 357 g/mol. The minimum atomic E-state index is -4.61. The summed E-state index contributed by atoms with van der Waals surface area (Å²) in [5.74, 6) is -0.774. The van der Waals surface area contributed by atoms with E-state index in [1.54, 1.807) is 30.0 Å². The standard InChI is InChI=1S/C20H19F3N2O2/c1-13-12-14(9-10-17(13)25-11-5-4-8-18(25)26)24-19(27)15-6-2-3-7-16(15)20(21,22)23/h2-3,6-7,9-10,12H,4-5,8,11H2,1H3,(H,24,27). The van der Waals surface area contributed by atoms with Gasteiger partial charge in [-0.2, -0.15) is 13.2 Å². The van der Waals surface area contributed by atoms with E-state index in [2.05, 4.69) is 5.32 Å². The van der Waals surface area contributed by atoms with Crippen molar-refractivity contribution >= 4 is 23.2 Å². The molecule has 7 heteroatoms. The van der Waals surface area contributed by atoms with Crippen molar-refractivity contribution in [2.45, 2.75) is 32.4 Å². The highest BCUT2D eigenvalue weighted by atomic mass is 19.4. The summed E-state index contributed by atoms with van der Waals surface area (Å²) in [5.41, 5.74) is 0.496. The van der Waals surface area contributed by atoms with Crippen LogP contribution < -0.4 is 10.2 Å². The van der Waals surface area contributed by atoms with Crippen LogP contribution in [0.2, 0.25) is 0 Å². The molecule has 0 spiro atoms. The fraction of sp³-hybridized carbons (Fsp3) is 0.300. The molecule has 142 valence electrons. The molecule has 0 atom stereocenters. The van der Waals surface area contributed by atoms with Crippen molar-refractivity contribution in [3.63, 3.8) is 0 Å². The highest BCUT2D eigenvalue weighted by molar-refractivity contribution is 6.05. The van der Waals surface area contributed by atoms with E-state index in [0.717, 1.165) is 36.2 Å². The van der Waals surface area contributed by atoms with Gasteiger partial charge in [-0.05, 0) is 55.7 Å². The highest BCUT2D eigenvalue weighted by Gasteiger charge is 2.34. The maximum absolute atomic E-state index is 13.1. The van der Waals surface area contributed by atoms with E-state index in [0.29, 0.717) is 18.7 Å². The molecule has 0 saturated carbocycles. The van der Waals surface area contributed by atoms with Crippen molar-refractivity contribution in [3.05, 3.63) is 59.2 Å². The second-order valence-electron chi connectivity index (χ2n) is 6.50. The van der Waals surface area contributed by atoms with Crippen LogP contribution in [0.15, 0.2) is 42.5 Å². The summed E-state index contributed by atoms with van der Waals surface area (Å²) in [6.07, 6.45) is -2.30. The number of alkyl halides is 3. The number of nitrogens with one attached hydrogen (secondary N) is 1. The Hall–Kier alpha value is -2.83. The number of carbonyl (C=O) groups excluding carboxylic acids is 2. The van der Waals surface area contributed by atoms with Gasteiger partial charge >= 0.3 is 6.18 Å². The summed E-state index contributed by atoms with van der Waals surface area (Å²) in [6.45, 7) is 2.45. The molecule has 27 heavy (non-hydrogen) atoms. The van der Waals surface area contributed by atoms with E-state index in [1.807, 2.05) is 0 Å². The van der Waals surface area contributed by atoms with Gasteiger partial charge in [0.15, 0.2) is 0 Å². The molecule has 1 saturated heterocycles. The Kier molecular flexibility index (Phi) is 5.21. The second-order valence-corrected chi connectivity index (χ2v) is 6.50. The lowest BCUT2D eigenvalue weighted by molar-refractivity contribution is -0.137. The smallest absolute Gasteiger partial charge is 0.322 e. The van der Waals surface area contributed by atoms with Gasteiger partial charge in [-0.25, -0.2) is 0 Å². The number of hydrogen-bond donors (Lipinski definition) is 1. The SMILES string of the molecule is Cc1cc(NC(=O)c2ccccc2C(F)(F)F)ccc1N1CCCCC1=O. The van der Waals surface area contributed by atoms with Crippen molar-refractivity contribution in [1.29, 1.82) is 0 Å². The predicted octanol–water partition coefficient (Wildman–Crippen LogP) is 4.78. The minimum absolute atomic E-state index is 0.0558. The van der Waals surface area contributed by atoms with Gasteiger partial charge in [0.1, 0.15) is 0 Å². The van der Waals surface area contributed by atoms with Gasteiger partial charge in [0.2, 0.25) is 5.91 Å². The number of nitrogens with zero attached hydrogens (tertiary/aromatic N) is 1. The van der Waals surface area contributed by atoms with Crippen LogP contribution in [0, 0.1) is 6.92 Å². The zero-order chi connectivity index (χ0) is 19.6. The molecule has 0 unspecified atom stereocenters. The van der Waals surface area contributed by atoms with E-state index in [1.165, 1.54) is 12.1 Å². The van der Waals surface area contributed by atoms with Crippen LogP contribution in [-0.4, -0.2) is 18.4 Å². The van der Waals surface area contributed by atoms with Gasteiger partial charge in [-0.15, -0.1) is 0 Å². The number of aryl methyl sites for hydroxylation is 1. The summed E-state index contributed by atoms with van der Waals surface area (Å²) >= 11 is 0. The first kappa shape index (κ1) is 18.9. The molecule has 0 aromatic heterocycles. The number of piperidine rings is 1.